The number of aliphatic carboxylic acids is 1. The number of rotatable bonds is 4. The van der Waals surface area contributed by atoms with Gasteiger partial charge in [-0.2, -0.15) is 0 Å². The number of thiophene rings is 1. The number of carbonyl (C=O) groups is 2. The lowest BCUT2D eigenvalue weighted by molar-refractivity contribution is -0.148. The van der Waals surface area contributed by atoms with Gasteiger partial charge >= 0.3 is 5.97 Å². The summed E-state index contributed by atoms with van der Waals surface area (Å²) in [4.78, 5) is 24.0. The monoisotopic (exact) mass is 285 g/mol. The van der Waals surface area contributed by atoms with Gasteiger partial charge in [0.25, 0.3) is 5.91 Å². The van der Waals surface area contributed by atoms with Crippen molar-refractivity contribution < 1.29 is 24.2 Å². The van der Waals surface area contributed by atoms with Crippen LogP contribution in [0.2, 0.25) is 0 Å². The predicted octanol–water partition coefficient (Wildman–Crippen LogP) is 1.12. The van der Waals surface area contributed by atoms with Gasteiger partial charge in [0.05, 0.1) is 7.11 Å². The Labute approximate surface area is 114 Å². The van der Waals surface area contributed by atoms with Crippen molar-refractivity contribution in [1.82, 2.24) is 5.32 Å². The van der Waals surface area contributed by atoms with Crippen LogP contribution in [0.25, 0.3) is 0 Å². The molecule has 0 atom stereocenters. The van der Waals surface area contributed by atoms with Crippen LogP contribution in [-0.4, -0.2) is 42.8 Å². The summed E-state index contributed by atoms with van der Waals surface area (Å²) in [6.07, 6.45) is 0.531. The summed E-state index contributed by atoms with van der Waals surface area (Å²) < 4.78 is 10.2. The number of amides is 1. The minimum atomic E-state index is -1.25. The molecule has 2 N–H and O–H groups in total. The Morgan fingerprint density at radius 1 is 1.47 bits per heavy atom. The molecule has 1 aromatic rings. The second-order valence-electron chi connectivity index (χ2n) is 4.27. The van der Waals surface area contributed by atoms with E-state index in [2.05, 4.69) is 5.32 Å². The number of methoxy groups -OCH3 is 1. The van der Waals surface area contributed by atoms with Gasteiger partial charge in [-0.25, -0.2) is 4.79 Å². The van der Waals surface area contributed by atoms with Crippen molar-refractivity contribution in [1.29, 1.82) is 0 Å². The molecule has 0 unspecified atom stereocenters. The molecule has 2 rings (SSSR count). The zero-order valence-electron chi connectivity index (χ0n) is 10.5. The molecule has 0 aromatic carbocycles. The number of nitrogens with one attached hydrogen (secondary N) is 1. The molecule has 104 valence electrons. The summed E-state index contributed by atoms with van der Waals surface area (Å²) in [7, 11) is 1.47. The first kappa shape index (κ1) is 13.8. The molecule has 0 bridgehead atoms. The van der Waals surface area contributed by atoms with Crippen LogP contribution in [0.5, 0.6) is 5.75 Å². The normalized spacial score (nSPS) is 17.7. The van der Waals surface area contributed by atoms with E-state index in [-0.39, 0.29) is 12.8 Å². The topological polar surface area (TPSA) is 84.9 Å². The average molecular weight is 285 g/mol. The summed E-state index contributed by atoms with van der Waals surface area (Å²) in [5, 5.41) is 13.7. The zero-order valence-corrected chi connectivity index (χ0v) is 11.3. The molecule has 0 saturated carbocycles. The predicted molar refractivity (Wildman–Crippen MR) is 68.8 cm³/mol. The molecule has 2 heterocycles. The molecule has 7 heteroatoms. The smallest absolute Gasteiger partial charge is 0.329 e. The zero-order chi connectivity index (χ0) is 13.9. The van der Waals surface area contributed by atoms with Crippen LogP contribution in [0.15, 0.2) is 11.4 Å². The van der Waals surface area contributed by atoms with Crippen LogP contribution in [0.3, 0.4) is 0 Å². The fraction of sp³-hybridized carbons (Fsp3) is 0.500. The molecule has 1 aromatic heterocycles. The Hall–Kier alpha value is -1.60. The molecule has 0 spiro atoms. The van der Waals surface area contributed by atoms with E-state index < -0.39 is 17.4 Å². The molecular formula is C12H15NO5S. The molecule has 1 aliphatic heterocycles. The molecule has 6 nitrogen and oxygen atoms in total. The van der Waals surface area contributed by atoms with Crippen molar-refractivity contribution in [2.75, 3.05) is 20.3 Å². The highest BCUT2D eigenvalue weighted by molar-refractivity contribution is 7.12. The van der Waals surface area contributed by atoms with Crippen molar-refractivity contribution in [2.24, 2.45) is 0 Å². The van der Waals surface area contributed by atoms with E-state index in [1.54, 1.807) is 11.4 Å². The fourth-order valence-electron chi connectivity index (χ4n) is 2.01. The molecule has 1 aliphatic rings. The number of carbonyl (C=O) groups excluding carboxylic acids is 1. The van der Waals surface area contributed by atoms with Crippen molar-refractivity contribution >= 4 is 23.2 Å². The number of carboxylic acid groups (broad SMARTS) is 1. The van der Waals surface area contributed by atoms with Crippen LogP contribution in [-0.2, 0) is 9.53 Å². The Morgan fingerprint density at radius 2 is 2.16 bits per heavy atom. The van der Waals surface area contributed by atoms with Gasteiger partial charge in [-0.15, -0.1) is 11.3 Å². The third-order valence-corrected chi connectivity index (χ3v) is 4.06. The number of carboxylic acids is 1. The Bertz CT molecular complexity index is 478. The van der Waals surface area contributed by atoms with Gasteiger partial charge in [0.1, 0.15) is 16.2 Å². The van der Waals surface area contributed by atoms with Crippen molar-refractivity contribution in [2.45, 2.75) is 18.4 Å². The van der Waals surface area contributed by atoms with Crippen molar-refractivity contribution in [3.8, 4) is 5.75 Å². The minimum absolute atomic E-state index is 0.266. The first-order chi connectivity index (χ1) is 9.09. The van der Waals surface area contributed by atoms with Crippen LogP contribution >= 0.6 is 11.3 Å². The van der Waals surface area contributed by atoms with Gasteiger partial charge < -0.3 is 19.9 Å². The quantitative estimate of drug-likeness (QED) is 0.866. The van der Waals surface area contributed by atoms with E-state index in [1.165, 1.54) is 18.4 Å². The van der Waals surface area contributed by atoms with E-state index in [1.807, 2.05) is 0 Å². The largest absolute Gasteiger partial charge is 0.495 e. The van der Waals surface area contributed by atoms with E-state index in [4.69, 9.17) is 9.47 Å². The summed E-state index contributed by atoms with van der Waals surface area (Å²) in [5.74, 6) is -0.995. The van der Waals surface area contributed by atoms with E-state index >= 15 is 0 Å². The van der Waals surface area contributed by atoms with E-state index in [0.717, 1.165) is 0 Å². The highest BCUT2D eigenvalue weighted by atomic mass is 32.1. The van der Waals surface area contributed by atoms with E-state index in [9.17, 15) is 14.7 Å². The summed E-state index contributed by atoms with van der Waals surface area (Å²) in [6, 6.07) is 1.68. The first-order valence-electron chi connectivity index (χ1n) is 5.84. The SMILES string of the molecule is COc1ccsc1C(=O)NC1(C(=O)O)CCOCC1. The Morgan fingerprint density at radius 3 is 2.74 bits per heavy atom. The van der Waals surface area contributed by atoms with Crippen molar-refractivity contribution in [3.63, 3.8) is 0 Å². The maximum absolute atomic E-state index is 12.2. The number of ether oxygens (including phenoxy) is 2. The van der Waals surface area contributed by atoms with Crippen LogP contribution in [0.1, 0.15) is 22.5 Å². The standard InChI is InChI=1S/C12H15NO5S/c1-17-8-2-7-19-9(8)10(14)13-12(11(15)16)3-5-18-6-4-12/h2,7H,3-6H2,1H3,(H,13,14)(H,15,16). The van der Waals surface area contributed by atoms with Crippen molar-refractivity contribution in [3.05, 3.63) is 16.3 Å². The van der Waals surface area contributed by atoms with Gasteiger partial charge in [-0.05, 0) is 11.4 Å². The van der Waals surface area contributed by atoms with Gasteiger partial charge in [-0.1, -0.05) is 0 Å². The third-order valence-electron chi connectivity index (χ3n) is 3.16. The van der Waals surface area contributed by atoms with E-state index in [0.29, 0.717) is 23.8 Å². The summed E-state index contributed by atoms with van der Waals surface area (Å²) in [5.41, 5.74) is -1.25. The van der Waals surface area contributed by atoms with Crippen LogP contribution < -0.4 is 10.1 Å². The Balaban J connectivity index is 2.18. The molecule has 19 heavy (non-hydrogen) atoms. The van der Waals surface area contributed by atoms with Gasteiger partial charge in [0, 0.05) is 26.1 Å². The summed E-state index contributed by atoms with van der Waals surface area (Å²) >= 11 is 1.22. The lowest BCUT2D eigenvalue weighted by Crippen LogP contribution is -2.57. The molecular weight excluding hydrogens is 270 g/mol. The molecule has 0 aliphatic carbocycles. The van der Waals surface area contributed by atoms with Crippen LogP contribution in [0.4, 0.5) is 0 Å². The molecule has 1 saturated heterocycles. The highest BCUT2D eigenvalue weighted by Gasteiger charge is 2.42. The second-order valence-corrected chi connectivity index (χ2v) is 5.19. The van der Waals surface area contributed by atoms with Gasteiger partial charge in [0.15, 0.2) is 0 Å². The average Bonchev–Trinajstić information content (AvgIpc) is 2.88. The number of hydrogen-bond donors (Lipinski definition) is 2. The maximum Gasteiger partial charge on any atom is 0.329 e. The third kappa shape index (κ3) is 2.71. The molecule has 1 amide bonds. The Kier molecular flexibility index (Phi) is 4.06. The lowest BCUT2D eigenvalue weighted by Gasteiger charge is -2.33. The highest BCUT2D eigenvalue weighted by Crippen LogP contribution is 2.27. The first-order valence-corrected chi connectivity index (χ1v) is 6.72. The van der Waals surface area contributed by atoms with Gasteiger partial charge in [0.2, 0.25) is 0 Å². The van der Waals surface area contributed by atoms with Crippen LogP contribution in [0, 0.1) is 0 Å². The summed E-state index contributed by atoms with van der Waals surface area (Å²) in [6.45, 7) is 0.655. The van der Waals surface area contributed by atoms with Gasteiger partial charge in [-0.3, -0.25) is 4.79 Å². The lowest BCUT2D eigenvalue weighted by atomic mass is 9.90. The second kappa shape index (κ2) is 5.58. The molecule has 1 fully saturated rings. The molecule has 0 radical (unpaired) electrons. The minimum Gasteiger partial charge on any atom is -0.495 e. The number of hydrogen-bond acceptors (Lipinski definition) is 5. The maximum atomic E-state index is 12.2. The fourth-order valence-corrected chi connectivity index (χ4v) is 2.76.